The molecule has 0 aliphatic carbocycles. The largest absolute Gasteiger partial charge is 0.336 e. The summed E-state index contributed by atoms with van der Waals surface area (Å²) >= 11 is 5.99. The van der Waals surface area contributed by atoms with Gasteiger partial charge in [-0.1, -0.05) is 11.6 Å². The minimum Gasteiger partial charge on any atom is -0.336 e. The molecule has 3 rings (SSSR count). The van der Waals surface area contributed by atoms with Crippen LogP contribution in [0.5, 0.6) is 0 Å². The van der Waals surface area contributed by atoms with Gasteiger partial charge in [-0.25, -0.2) is 13.1 Å². The van der Waals surface area contributed by atoms with Gasteiger partial charge in [0, 0.05) is 50.7 Å². The van der Waals surface area contributed by atoms with Crippen molar-refractivity contribution in [2.45, 2.75) is 11.4 Å². The number of benzene rings is 1. The Morgan fingerprint density at radius 2 is 1.81 bits per heavy atom. The first-order valence-electron chi connectivity index (χ1n) is 8.54. The molecule has 0 spiro atoms. The van der Waals surface area contributed by atoms with E-state index in [2.05, 4.69) is 14.6 Å². The lowest BCUT2D eigenvalue weighted by atomic mass is 10.1. The third kappa shape index (κ3) is 4.65. The Kier molecular flexibility index (Phi) is 6.11. The maximum Gasteiger partial charge on any atom is 0.253 e. The van der Waals surface area contributed by atoms with Gasteiger partial charge >= 0.3 is 0 Å². The van der Waals surface area contributed by atoms with Crippen molar-refractivity contribution in [2.24, 2.45) is 0 Å². The van der Waals surface area contributed by atoms with Gasteiger partial charge in [-0.3, -0.25) is 14.7 Å². The predicted octanol–water partition coefficient (Wildman–Crippen LogP) is 1.60. The van der Waals surface area contributed by atoms with E-state index in [-0.39, 0.29) is 15.8 Å². The van der Waals surface area contributed by atoms with Gasteiger partial charge in [0.1, 0.15) is 4.90 Å². The summed E-state index contributed by atoms with van der Waals surface area (Å²) in [5.41, 5.74) is 1.50. The zero-order valence-electron chi connectivity index (χ0n) is 14.9. The number of piperazine rings is 1. The molecule has 1 fully saturated rings. The normalized spacial score (nSPS) is 15.7. The van der Waals surface area contributed by atoms with Crippen molar-refractivity contribution < 1.29 is 13.2 Å². The number of halogens is 1. The van der Waals surface area contributed by atoms with Crippen LogP contribution in [0.25, 0.3) is 0 Å². The highest BCUT2D eigenvalue weighted by Gasteiger charge is 2.24. The van der Waals surface area contributed by atoms with Gasteiger partial charge in [-0.2, -0.15) is 0 Å². The number of hydrogen-bond donors (Lipinski definition) is 1. The standard InChI is InChI=1S/C18H21ClN4O3S/c1-20-27(25,26)17-12-15(2-3-16(17)19)18(24)23-10-8-22(9-11-23)13-14-4-6-21-7-5-14/h2-7,12,20H,8-11,13H2,1H3. The van der Waals surface area contributed by atoms with Gasteiger partial charge in [0.15, 0.2) is 0 Å². The molecule has 7 nitrogen and oxygen atoms in total. The van der Waals surface area contributed by atoms with Crippen LogP contribution in [0.2, 0.25) is 5.02 Å². The number of sulfonamides is 1. The molecule has 1 saturated heterocycles. The number of pyridine rings is 1. The molecule has 1 aromatic carbocycles. The zero-order chi connectivity index (χ0) is 19.4. The Morgan fingerprint density at radius 3 is 2.44 bits per heavy atom. The number of nitrogens with zero attached hydrogens (tertiary/aromatic N) is 3. The number of aromatic nitrogens is 1. The first-order valence-corrected chi connectivity index (χ1v) is 10.4. The van der Waals surface area contributed by atoms with E-state index in [1.807, 2.05) is 12.1 Å². The van der Waals surface area contributed by atoms with Gasteiger partial charge in [0.05, 0.1) is 5.02 Å². The van der Waals surface area contributed by atoms with E-state index in [0.717, 1.165) is 19.6 Å². The summed E-state index contributed by atoms with van der Waals surface area (Å²) in [6.45, 7) is 3.49. The summed E-state index contributed by atoms with van der Waals surface area (Å²) in [6, 6.07) is 8.30. The second-order valence-corrected chi connectivity index (χ2v) is 8.54. The van der Waals surface area contributed by atoms with Crippen molar-refractivity contribution in [3.05, 3.63) is 58.9 Å². The van der Waals surface area contributed by atoms with Gasteiger partial charge in [-0.15, -0.1) is 0 Å². The first-order chi connectivity index (χ1) is 12.9. The molecule has 0 saturated carbocycles. The Morgan fingerprint density at radius 1 is 1.15 bits per heavy atom. The highest BCUT2D eigenvalue weighted by atomic mass is 35.5. The molecule has 1 aliphatic rings. The number of nitrogens with one attached hydrogen (secondary N) is 1. The molecule has 1 aromatic heterocycles. The van der Waals surface area contributed by atoms with Crippen LogP contribution >= 0.6 is 11.6 Å². The molecule has 144 valence electrons. The maximum atomic E-state index is 12.8. The number of carbonyl (C=O) groups excluding carboxylic acids is 1. The van der Waals surface area contributed by atoms with Crippen LogP contribution in [0.15, 0.2) is 47.6 Å². The average Bonchev–Trinajstić information content (AvgIpc) is 2.69. The number of rotatable bonds is 5. The Hall–Kier alpha value is -2.00. The Bertz CT molecular complexity index is 913. The summed E-state index contributed by atoms with van der Waals surface area (Å²) in [7, 11) is -2.42. The molecule has 0 radical (unpaired) electrons. The lowest BCUT2D eigenvalue weighted by Crippen LogP contribution is -2.48. The molecule has 2 heterocycles. The van der Waals surface area contributed by atoms with Crippen LogP contribution in [0, 0.1) is 0 Å². The van der Waals surface area contributed by atoms with Crippen LogP contribution in [0.4, 0.5) is 0 Å². The van der Waals surface area contributed by atoms with Crippen molar-refractivity contribution >= 4 is 27.5 Å². The predicted molar refractivity (Wildman–Crippen MR) is 103 cm³/mol. The van der Waals surface area contributed by atoms with E-state index >= 15 is 0 Å². The molecule has 0 unspecified atom stereocenters. The first kappa shape index (κ1) is 19.8. The van der Waals surface area contributed by atoms with Crippen molar-refractivity contribution in [3.8, 4) is 0 Å². The van der Waals surface area contributed by atoms with E-state index in [1.54, 1.807) is 23.4 Å². The van der Waals surface area contributed by atoms with Crippen molar-refractivity contribution in [1.82, 2.24) is 19.5 Å². The lowest BCUT2D eigenvalue weighted by Gasteiger charge is -2.34. The van der Waals surface area contributed by atoms with Gasteiger partial charge in [-0.05, 0) is 42.9 Å². The lowest BCUT2D eigenvalue weighted by molar-refractivity contribution is 0.0628. The summed E-state index contributed by atoms with van der Waals surface area (Å²) in [6.07, 6.45) is 3.54. The van der Waals surface area contributed by atoms with Gasteiger partial charge < -0.3 is 4.90 Å². The van der Waals surface area contributed by atoms with E-state index in [9.17, 15) is 13.2 Å². The fraction of sp³-hybridized carbons (Fsp3) is 0.333. The Balaban J connectivity index is 1.67. The molecule has 27 heavy (non-hydrogen) atoms. The Labute approximate surface area is 164 Å². The topological polar surface area (TPSA) is 82.6 Å². The maximum absolute atomic E-state index is 12.8. The minimum atomic E-state index is -3.72. The number of amides is 1. The number of hydrogen-bond acceptors (Lipinski definition) is 5. The quantitative estimate of drug-likeness (QED) is 0.812. The van der Waals surface area contributed by atoms with E-state index in [4.69, 9.17) is 11.6 Å². The molecule has 0 atom stereocenters. The van der Waals surface area contributed by atoms with Crippen LogP contribution in [-0.4, -0.2) is 62.3 Å². The molecular formula is C18H21ClN4O3S. The summed E-state index contributed by atoms with van der Waals surface area (Å²) < 4.78 is 26.3. The summed E-state index contributed by atoms with van der Waals surface area (Å²) in [5, 5.41) is 0.0862. The smallest absolute Gasteiger partial charge is 0.253 e. The van der Waals surface area contributed by atoms with E-state index < -0.39 is 10.0 Å². The van der Waals surface area contributed by atoms with Crippen molar-refractivity contribution in [1.29, 1.82) is 0 Å². The molecule has 9 heteroatoms. The molecule has 1 aliphatic heterocycles. The monoisotopic (exact) mass is 408 g/mol. The minimum absolute atomic E-state index is 0.0862. The molecule has 2 aromatic rings. The van der Waals surface area contributed by atoms with Crippen molar-refractivity contribution in [2.75, 3.05) is 33.2 Å². The molecule has 0 bridgehead atoms. The average molecular weight is 409 g/mol. The van der Waals surface area contributed by atoms with Crippen LogP contribution in [-0.2, 0) is 16.6 Å². The van der Waals surface area contributed by atoms with Crippen LogP contribution in [0.3, 0.4) is 0 Å². The third-order valence-electron chi connectivity index (χ3n) is 4.55. The fourth-order valence-corrected chi connectivity index (χ4v) is 4.24. The molecule has 1 amide bonds. The second-order valence-electron chi connectivity index (χ2n) is 6.28. The van der Waals surface area contributed by atoms with Crippen LogP contribution < -0.4 is 4.72 Å². The molecule has 1 N–H and O–H groups in total. The highest BCUT2D eigenvalue weighted by Crippen LogP contribution is 2.23. The third-order valence-corrected chi connectivity index (χ3v) is 6.45. The summed E-state index contributed by atoms with van der Waals surface area (Å²) in [5.74, 6) is -0.192. The fourth-order valence-electron chi connectivity index (χ4n) is 2.99. The van der Waals surface area contributed by atoms with E-state index in [1.165, 1.54) is 24.7 Å². The van der Waals surface area contributed by atoms with Gasteiger partial charge in [0.2, 0.25) is 10.0 Å². The van der Waals surface area contributed by atoms with Crippen LogP contribution in [0.1, 0.15) is 15.9 Å². The molecular weight excluding hydrogens is 388 g/mol. The van der Waals surface area contributed by atoms with Gasteiger partial charge in [0.25, 0.3) is 5.91 Å². The SMILES string of the molecule is CNS(=O)(=O)c1cc(C(=O)N2CCN(Cc3ccncc3)CC2)ccc1Cl. The van der Waals surface area contributed by atoms with E-state index in [0.29, 0.717) is 18.7 Å². The second kappa shape index (κ2) is 8.35. The summed E-state index contributed by atoms with van der Waals surface area (Å²) in [4.78, 5) is 20.7. The zero-order valence-corrected chi connectivity index (χ0v) is 16.5. The highest BCUT2D eigenvalue weighted by molar-refractivity contribution is 7.89. The van der Waals surface area contributed by atoms with Crippen molar-refractivity contribution in [3.63, 3.8) is 0 Å². The number of carbonyl (C=O) groups is 1.